The van der Waals surface area contributed by atoms with E-state index in [2.05, 4.69) is 9.97 Å². The standard InChI is InChI=1S/C13H15N3O3S/c1-16-11-9(7-14-8-15-11)6-10(12(16)17)13(18)2-4-20(19)5-3-13/h6-8,18H,2-5H2,1H3. The molecule has 3 heterocycles. The van der Waals surface area contributed by atoms with Crippen molar-refractivity contribution in [3.63, 3.8) is 0 Å². The molecule has 1 aliphatic heterocycles. The number of hydrogen-bond donors (Lipinski definition) is 1. The molecule has 0 saturated carbocycles. The number of rotatable bonds is 1. The molecule has 0 unspecified atom stereocenters. The summed E-state index contributed by atoms with van der Waals surface area (Å²) in [5.74, 6) is 0.839. The van der Waals surface area contributed by atoms with Crippen molar-refractivity contribution < 1.29 is 9.32 Å². The van der Waals surface area contributed by atoms with Gasteiger partial charge >= 0.3 is 0 Å². The van der Waals surface area contributed by atoms with Gasteiger partial charge in [0.05, 0.1) is 5.60 Å². The molecule has 2 aromatic rings. The smallest absolute Gasteiger partial charge is 0.258 e. The molecule has 6 nitrogen and oxygen atoms in total. The Bertz CT molecular complexity index is 746. The van der Waals surface area contributed by atoms with E-state index in [1.54, 1.807) is 19.3 Å². The van der Waals surface area contributed by atoms with Crippen LogP contribution in [0, 0.1) is 0 Å². The predicted molar refractivity (Wildman–Crippen MR) is 75.8 cm³/mol. The molecule has 0 aliphatic carbocycles. The minimum atomic E-state index is -1.20. The third-order valence-corrected chi connectivity index (χ3v) is 5.18. The van der Waals surface area contributed by atoms with Crippen LogP contribution in [0.3, 0.4) is 0 Å². The number of aromatic nitrogens is 3. The van der Waals surface area contributed by atoms with E-state index in [9.17, 15) is 14.1 Å². The van der Waals surface area contributed by atoms with Gasteiger partial charge in [-0.2, -0.15) is 0 Å². The summed E-state index contributed by atoms with van der Waals surface area (Å²) in [6.45, 7) is 0. The van der Waals surface area contributed by atoms with Crippen LogP contribution in [0.25, 0.3) is 11.0 Å². The Hall–Kier alpha value is -1.60. The van der Waals surface area contributed by atoms with Gasteiger partial charge in [-0.05, 0) is 18.9 Å². The first-order valence-corrected chi connectivity index (χ1v) is 7.88. The first kappa shape index (κ1) is 13.4. The first-order chi connectivity index (χ1) is 9.51. The molecule has 1 aliphatic rings. The molecular weight excluding hydrogens is 278 g/mol. The average Bonchev–Trinajstić information content (AvgIpc) is 2.46. The summed E-state index contributed by atoms with van der Waals surface area (Å²) in [5, 5.41) is 11.4. The number of nitrogens with zero attached hydrogens (tertiary/aromatic N) is 3. The SMILES string of the molecule is Cn1c(=O)c(C2(O)CCS(=O)CC2)cc2cncnc21. The lowest BCUT2D eigenvalue weighted by Crippen LogP contribution is -2.40. The van der Waals surface area contributed by atoms with Crippen LogP contribution in [0.4, 0.5) is 0 Å². The number of aryl methyl sites for hydroxylation is 1. The summed E-state index contributed by atoms with van der Waals surface area (Å²) >= 11 is 0. The van der Waals surface area contributed by atoms with Crippen LogP contribution in [0.2, 0.25) is 0 Å². The fourth-order valence-corrected chi connectivity index (χ4v) is 3.94. The van der Waals surface area contributed by atoms with E-state index in [0.29, 0.717) is 40.9 Å². The van der Waals surface area contributed by atoms with E-state index in [1.807, 2.05) is 0 Å². The summed E-state index contributed by atoms with van der Waals surface area (Å²) < 4.78 is 12.9. The normalized spacial score (nSPS) is 26.8. The van der Waals surface area contributed by atoms with E-state index in [-0.39, 0.29) is 5.56 Å². The number of pyridine rings is 1. The lowest BCUT2D eigenvalue weighted by atomic mass is 9.88. The minimum Gasteiger partial charge on any atom is -0.385 e. The Kier molecular flexibility index (Phi) is 3.18. The van der Waals surface area contributed by atoms with Gasteiger partial charge in [-0.25, -0.2) is 9.97 Å². The summed E-state index contributed by atoms with van der Waals surface area (Å²) in [4.78, 5) is 20.5. The summed E-state index contributed by atoms with van der Waals surface area (Å²) in [7, 11) is 0.737. The number of hydrogen-bond acceptors (Lipinski definition) is 5. The van der Waals surface area contributed by atoms with Crippen LogP contribution < -0.4 is 5.56 Å². The molecular formula is C13H15N3O3S. The Balaban J connectivity index is 2.19. The van der Waals surface area contributed by atoms with Crippen molar-refractivity contribution in [2.24, 2.45) is 7.05 Å². The maximum absolute atomic E-state index is 12.4. The second kappa shape index (κ2) is 4.75. The Labute approximate surface area is 117 Å². The average molecular weight is 293 g/mol. The molecule has 20 heavy (non-hydrogen) atoms. The van der Waals surface area contributed by atoms with Crippen molar-refractivity contribution >= 4 is 21.8 Å². The van der Waals surface area contributed by atoms with Crippen LogP contribution in [-0.4, -0.2) is 35.4 Å². The van der Waals surface area contributed by atoms with E-state index >= 15 is 0 Å². The van der Waals surface area contributed by atoms with Crippen molar-refractivity contribution in [3.8, 4) is 0 Å². The first-order valence-electron chi connectivity index (χ1n) is 6.39. The monoisotopic (exact) mass is 293 g/mol. The molecule has 1 N–H and O–H groups in total. The van der Waals surface area contributed by atoms with Gasteiger partial charge in [-0.3, -0.25) is 13.6 Å². The molecule has 106 valence electrons. The lowest BCUT2D eigenvalue weighted by Gasteiger charge is -2.31. The van der Waals surface area contributed by atoms with Crippen LogP contribution in [-0.2, 0) is 23.4 Å². The van der Waals surface area contributed by atoms with Gasteiger partial charge in [-0.1, -0.05) is 0 Å². The van der Waals surface area contributed by atoms with Crippen LogP contribution >= 0.6 is 0 Å². The molecule has 0 radical (unpaired) electrons. The quantitative estimate of drug-likeness (QED) is 0.803. The molecule has 1 fully saturated rings. The fraction of sp³-hybridized carbons (Fsp3) is 0.462. The zero-order valence-corrected chi connectivity index (χ0v) is 11.9. The topological polar surface area (TPSA) is 85.1 Å². The highest BCUT2D eigenvalue weighted by atomic mass is 32.2. The van der Waals surface area contributed by atoms with Gasteiger partial charge in [-0.15, -0.1) is 0 Å². The third kappa shape index (κ3) is 2.06. The maximum Gasteiger partial charge on any atom is 0.258 e. The second-order valence-electron chi connectivity index (χ2n) is 5.10. The van der Waals surface area contributed by atoms with Crippen LogP contribution in [0.5, 0.6) is 0 Å². The van der Waals surface area contributed by atoms with E-state index in [0.717, 1.165) is 0 Å². The van der Waals surface area contributed by atoms with Gasteiger partial charge in [0.2, 0.25) is 0 Å². The molecule has 0 bridgehead atoms. The third-order valence-electron chi connectivity index (χ3n) is 3.86. The zero-order valence-electron chi connectivity index (χ0n) is 11.1. The van der Waals surface area contributed by atoms with Crippen LogP contribution in [0.15, 0.2) is 23.4 Å². The molecule has 3 rings (SSSR count). The summed E-state index contributed by atoms with van der Waals surface area (Å²) in [5.41, 5.74) is -0.575. The maximum atomic E-state index is 12.4. The Morgan fingerprint density at radius 3 is 2.80 bits per heavy atom. The van der Waals surface area contributed by atoms with Gasteiger partial charge in [0.1, 0.15) is 12.0 Å². The number of fused-ring (bicyclic) bond motifs is 1. The lowest BCUT2D eigenvalue weighted by molar-refractivity contribution is 0.0256. The molecule has 7 heteroatoms. The second-order valence-corrected chi connectivity index (χ2v) is 6.80. The van der Waals surface area contributed by atoms with Crippen LogP contribution in [0.1, 0.15) is 18.4 Å². The van der Waals surface area contributed by atoms with Gasteiger partial charge in [0, 0.05) is 46.5 Å². The Morgan fingerprint density at radius 2 is 2.10 bits per heavy atom. The van der Waals surface area contributed by atoms with E-state index in [4.69, 9.17) is 0 Å². The highest BCUT2D eigenvalue weighted by molar-refractivity contribution is 7.85. The minimum absolute atomic E-state index is 0.258. The van der Waals surface area contributed by atoms with Crippen molar-refractivity contribution in [3.05, 3.63) is 34.5 Å². The molecule has 0 atom stereocenters. The van der Waals surface area contributed by atoms with Crippen molar-refractivity contribution in [1.29, 1.82) is 0 Å². The predicted octanol–water partition coefficient (Wildman–Crippen LogP) is 0.0586. The molecule has 2 aromatic heterocycles. The van der Waals surface area contributed by atoms with Crippen molar-refractivity contribution in [1.82, 2.24) is 14.5 Å². The van der Waals surface area contributed by atoms with E-state index < -0.39 is 16.4 Å². The molecule has 0 aromatic carbocycles. The highest BCUT2D eigenvalue weighted by Gasteiger charge is 2.36. The van der Waals surface area contributed by atoms with Gasteiger partial charge in [0.15, 0.2) is 0 Å². The van der Waals surface area contributed by atoms with Gasteiger partial charge < -0.3 is 5.11 Å². The molecule has 0 spiro atoms. The van der Waals surface area contributed by atoms with Crippen molar-refractivity contribution in [2.45, 2.75) is 18.4 Å². The zero-order chi connectivity index (χ0) is 14.3. The van der Waals surface area contributed by atoms with Crippen molar-refractivity contribution in [2.75, 3.05) is 11.5 Å². The largest absolute Gasteiger partial charge is 0.385 e. The fourth-order valence-electron chi connectivity index (χ4n) is 2.61. The Morgan fingerprint density at radius 1 is 1.40 bits per heavy atom. The highest BCUT2D eigenvalue weighted by Crippen LogP contribution is 2.31. The summed E-state index contributed by atoms with van der Waals surface area (Å²) in [6.07, 6.45) is 3.69. The van der Waals surface area contributed by atoms with Gasteiger partial charge in [0.25, 0.3) is 5.56 Å². The number of aliphatic hydroxyl groups is 1. The van der Waals surface area contributed by atoms with E-state index in [1.165, 1.54) is 10.9 Å². The molecule has 1 saturated heterocycles. The summed E-state index contributed by atoms with van der Waals surface area (Å²) in [6, 6.07) is 1.66. The molecule has 0 amide bonds.